The molecular formula is C24H23FN4O3. The molecule has 32 heavy (non-hydrogen) atoms. The van der Waals surface area contributed by atoms with Crippen LogP contribution in [0.3, 0.4) is 0 Å². The fraction of sp³-hybridized carbons (Fsp3) is 0.208. The van der Waals surface area contributed by atoms with E-state index in [4.69, 9.17) is 14.5 Å². The zero-order valence-corrected chi connectivity index (χ0v) is 17.6. The minimum Gasteiger partial charge on any atom is -0.497 e. The lowest BCUT2D eigenvalue weighted by molar-refractivity contribution is -0.104. The lowest BCUT2D eigenvalue weighted by Gasteiger charge is -2.29. The van der Waals surface area contributed by atoms with Crippen molar-refractivity contribution in [1.82, 2.24) is 9.97 Å². The summed E-state index contributed by atoms with van der Waals surface area (Å²) in [4.78, 5) is 22.0. The lowest BCUT2D eigenvalue weighted by Crippen LogP contribution is -2.37. The maximum atomic E-state index is 13.9. The molecule has 2 aromatic carbocycles. The average molecular weight is 434 g/mol. The number of anilines is 3. The molecule has 1 N–H and O–H groups in total. The number of carbonyl (C=O) groups is 1. The van der Waals surface area contributed by atoms with E-state index in [1.807, 2.05) is 24.3 Å². The number of hydrogen-bond donors (Lipinski definition) is 1. The summed E-state index contributed by atoms with van der Waals surface area (Å²) in [5.74, 6) is 1.08. The molecule has 0 unspecified atom stereocenters. The molecule has 164 valence electrons. The van der Waals surface area contributed by atoms with Crippen LogP contribution in [-0.2, 0) is 9.53 Å². The summed E-state index contributed by atoms with van der Waals surface area (Å²) in [5, 5.41) is 3.07. The molecule has 3 aromatic rings. The normalized spacial score (nSPS) is 13.9. The number of benzene rings is 2. The van der Waals surface area contributed by atoms with Crippen molar-refractivity contribution in [2.45, 2.75) is 0 Å². The van der Waals surface area contributed by atoms with Gasteiger partial charge in [-0.05, 0) is 29.3 Å². The second-order valence-corrected chi connectivity index (χ2v) is 7.16. The van der Waals surface area contributed by atoms with Gasteiger partial charge in [-0.15, -0.1) is 0 Å². The predicted octanol–water partition coefficient (Wildman–Crippen LogP) is 4.08. The molecule has 0 aliphatic carbocycles. The van der Waals surface area contributed by atoms with E-state index in [-0.39, 0.29) is 0 Å². The van der Waals surface area contributed by atoms with Crippen molar-refractivity contribution in [3.63, 3.8) is 0 Å². The van der Waals surface area contributed by atoms with Crippen molar-refractivity contribution in [3.05, 3.63) is 66.1 Å². The SMILES string of the molecule is COc1cc(F)cc(Nc2ncc(-c3cccc(/C=C/C=O)c3)c(N3CCOCC3)n2)c1. The van der Waals surface area contributed by atoms with E-state index in [0.29, 0.717) is 43.7 Å². The van der Waals surface area contributed by atoms with Crippen LogP contribution in [0.4, 0.5) is 21.8 Å². The van der Waals surface area contributed by atoms with E-state index in [2.05, 4.69) is 15.2 Å². The zero-order valence-electron chi connectivity index (χ0n) is 17.6. The number of hydrogen-bond acceptors (Lipinski definition) is 7. The van der Waals surface area contributed by atoms with E-state index in [1.54, 1.807) is 18.3 Å². The maximum Gasteiger partial charge on any atom is 0.229 e. The van der Waals surface area contributed by atoms with Crippen LogP contribution in [0.2, 0.25) is 0 Å². The summed E-state index contributed by atoms with van der Waals surface area (Å²) >= 11 is 0. The largest absolute Gasteiger partial charge is 0.497 e. The molecule has 0 spiro atoms. The number of aromatic nitrogens is 2. The Balaban J connectivity index is 1.72. The fourth-order valence-corrected chi connectivity index (χ4v) is 3.50. The standard InChI is InChI=1S/C24H23FN4O3/c1-31-21-14-19(25)13-20(15-21)27-24-26-16-22(23(28-24)29-7-10-32-11-8-29)18-6-2-4-17(12-18)5-3-9-30/h2-6,9,12-16H,7-8,10-11H2,1H3,(H,26,27,28)/b5-3+. The first-order valence-corrected chi connectivity index (χ1v) is 10.2. The minimum absolute atomic E-state index is 0.347. The highest BCUT2D eigenvalue weighted by Gasteiger charge is 2.19. The number of morpholine rings is 1. The smallest absolute Gasteiger partial charge is 0.229 e. The third-order valence-electron chi connectivity index (χ3n) is 5.01. The van der Waals surface area contributed by atoms with E-state index >= 15 is 0 Å². The zero-order chi connectivity index (χ0) is 22.3. The maximum absolute atomic E-state index is 13.9. The molecule has 7 nitrogen and oxygen atoms in total. The highest BCUT2D eigenvalue weighted by atomic mass is 19.1. The number of aldehydes is 1. The monoisotopic (exact) mass is 434 g/mol. The first kappa shape index (κ1) is 21.5. The lowest BCUT2D eigenvalue weighted by atomic mass is 10.0. The summed E-state index contributed by atoms with van der Waals surface area (Å²) in [6.45, 7) is 2.61. The van der Waals surface area contributed by atoms with Crippen molar-refractivity contribution in [2.75, 3.05) is 43.6 Å². The molecule has 1 fully saturated rings. The van der Waals surface area contributed by atoms with Gasteiger partial charge in [0, 0.05) is 42.7 Å². The summed E-state index contributed by atoms with van der Waals surface area (Å²) in [7, 11) is 1.48. The summed E-state index contributed by atoms with van der Waals surface area (Å²) in [6.07, 6.45) is 5.70. The van der Waals surface area contributed by atoms with Crippen LogP contribution >= 0.6 is 0 Å². The average Bonchev–Trinajstić information content (AvgIpc) is 2.83. The van der Waals surface area contributed by atoms with Crippen LogP contribution in [0.5, 0.6) is 5.75 Å². The second kappa shape index (κ2) is 10.0. The Kier molecular flexibility index (Phi) is 6.72. The number of nitrogens with zero attached hydrogens (tertiary/aromatic N) is 3. The van der Waals surface area contributed by atoms with E-state index in [0.717, 1.165) is 28.8 Å². The molecule has 1 saturated heterocycles. The van der Waals surface area contributed by atoms with Crippen molar-refractivity contribution in [3.8, 4) is 16.9 Å². The van der Waals surface area contributed by atoms with E-state index in [9.17, 15) is 9.18 Å². The quantitative estimate of drug-likeness (QED) is 0.443. The Morgan fingerprint density at radius 3 is 2.81 bits per heavy atom. The van der Waals surface area contributed by atoms with Gasteiger partial charge >= 0.3 is 0 Å². The number of methoxy groups -OCH3 is 1. The van der Waals surface area contributed by atoms with Crippen molar-refractivity contribution in [2.24, 2.45) is 0 Å². The van der Waals surface area contributed by atoms with Crippen molar-refractivity contribution in [1.29, 1.82) is 0 Å². The minimum atomic E-state index is -0.419. The summed E-state index contributed by atoms with van der Waals surface area (Å²) in [6, 6.07) is 12.1. The topological polar surface area (TPSA) is 76.6 Å². The van der Waals surface area contributed by atoms with Gasteiger partial charge in [0.25, 0.3) is 0 Å². The molecule has 0 radical (unpaired) electrons. The first-order chi connectivity index (χ1) is 15.7. The van der Waals surface area contributed by atoms with Gasteiger partial charge in [-0.2, -0.15) is 4.98 Å². The van der Waals surface area contributed by atoms with Crippen LogP contribution in [-0.4, -0.2) is 49.7 Å². The van der Waals surface area contributed by atoms with E-state index in [1.165, 1.54) is 25.3 Å². The molecule has 0 saturated carbocycles. The fourth-order valence-electron chi connectivity index (χ4n) is 3.50. The van der Waals surface area contributed by atoms with Gasteiger partial charge in [0.2, 0.25) is 5.95 Å². The highest BCUT2D eigenvalue weighted by molar-refractivity contribution is 5.80. The highest BCUT2D eigenvalue weighted by Crippen LogP contribution is 2.32. The Hall–Kier alpha value is -3.78. The molecule has 1 aliphatic heterocycles. The van der Waals surface area contributed by atoms with Crippen LogP contribution < -0.4 is 15.0 Å². The van der Waals surface area contributed by atoms with Gasteiger partial charge in [-0.3, -0.25) is 4.79 Å². The van der Waals surface area contributed by atoms with Gasteiger partial charge in [0.1, 0.15) is 23.7 Å². The molecule has 2 heterocycles. The Morgan fingerprint density at radius 1 is 1.19 bits per heavy atom. The molecule has 8 heteroatoms. The van der Waals surface area contributed by atoms with Crippen LogP contribution in [0.25, 0.3) is 17.2 Å². The van der Waals surface area contributed by atoms with Gasteiger partial charge in [-0.1, -0.05) is 24.3 Å². The Bertz CT molecular complexity index is 1130. The Morgan fingerprint density at radius 2 is 2.03 bits per heavy atom. The third-order valence-corrected chi connectivity index (χ3v) is 5.01. The van der Waals surface area contributed by atoms with Gasteiger partial charge in [-0.25, -0.2) is 9.37 Å². The number of nitrogens with one attached hydrogen (secondary N) is 1. The number of carbonyl (C=O) groups excluding carboxylic acids is 1. The van der Waals surface area contributed by atoms with Crippen LogP contribution in [0.1, 0.15) is 5.56 Å². The van der Waals surface area contributed by atoms with Crippen LogP contribution in [0.15, 0.2) is 54.7 Å². The van der Waals surface area contributed by atoms with E-state index < -0.39 is 5.82 Å². The molecule has 0 atom stereocenters. The van der Waals surface area contributed by atoms with Crippen molar-refractivity contribution < 1.29 is 18.7 Å². The summed E-state index contributed by atoms with van der Waals surface area (Å²) in [5.41, 5.74) is 3.18. The molecule has 1 aliphatic rings. The Labute approximate surface area is 185 Å². The number of allylic oxidation sites excluding steroid dienone is 1. The van der Waals surface area contributed by atoms with Crippen molar-refractivity contribution >= 4 is 29.8 Å². The van der Waals surface area contributed by atoms with Gasteiger partial charge < -0.3 is 19.7 Å². The first-order valence-electron chi connectivity index (χ1n) is 10.2. The number of rotatable bonds is 7. The predicted molar refractivity (Wildman–Crippen MR) is 122 cm³/mol. The molecule has 0 bridgehead atoms. The van der Waals surface area contributed by atoms with Gasteiger partial charge in [0.15, 0.2) is 0 Å². The number of ether oxygens (including phenoxy) is 2. The summed E-state index contributed by atoms with van der Waals surface area (Å²) < 4.78 is 24.5. The third kappa shape index (κ3) is 5.09. The van der Waals surface area contributed by atoms with Gasteiger partial charge in [0.05, 0.1) is 20.3 Å². The molecule has 4 rings (SSSR count). The molecular weight excluding hydrogens is 411 g/mol. The molecule has 1 aromatic heterocycles. The molecule has 0 amide bonds. The second-order valence-electron chi connectivity index (χ2n) is 7.16. The van der Waals surface area contributed by atoms with Crippen LogP contribution in [0, 0.1) is 5.82 Å². The number of halogens is 1.